The van der Waals surface area contributed by atoms with Crippen molar-refractivity contribution in [3.8, 4) is 0 Å². The number of rotatable bonds is 4. The third-order valence-corrected chi connectivity index (χ3v) is 3.64. The van der Waals surface area contributed by atoms with E-state index in [1.807, 2.05) is 6.07 Å². The molecule has 5 heteroatoms. The summed E-state index contributed by atoms with van der Waals surface area (Å²) in [5.41, 5.74) is 7.10. The van der Waals surface area contributed by atoms with Crippen LogP contribution in [-0.2, 0) is 12.3 Å². The van der Waals surface area contributed by atoms with Crippen LogP contribution in [0.1, 0.15) is 11.1 Å². The van der Waals surface area contributed by atoms with E-state index in [-0.39, 0.29) is 5.82 Å². The third kappa shape index (κ3) is 3.45. The number of aromatic nitrogens is 1. The largest absolute Gasteiger partial charge is 0.326 e. The highest BCUT2D eigenvalue weighted by atomic mass is 35.5. The molecule has 0 unspecified atom stereocenters. The van der Waals surface area contributed by atoms with Crippen molar-refractivity contribution >= 4 is 23.4 Å². The summed E-state index contributed by atoms with van der Waals surface area (Å²) in [6, 6.07) is 8.52. The Morgan fingerprint density at radius 1 is 1.28 bits per heavy atom. The molecule has 2 N–H and O–H groups in total. The molecule has 0 aliphatic carbocycles. The van der Waals surface area contributed by atoms with Crippen LogP contribution >= 0.6 is 23.4 Å². The van der Waals surface area contributed by atoms with Crippen molar-refractivity contribution in [1.29, 1.82) is 0 Å². The second-order valence-corrected chi connectivity index (χ2v) is 5.17. The van der Waals surface area contributed by atoms with E-state index in [4.69, 9.17) is 17.3 Å². The van der Waals surface area contributed by atoms with E-state index >= 15 is 0 Å². The summed E-state index contributed by atoms with van der Waals surface area (Å²) in [5, 5.41) is 1.41. The van der Waals surface area contributed by atoms with Gasteiger partial charge in [-0.2, -0.15) is 0 Å². The number of hydrogen-bond donors (Lipinski definition) is 1. The number of halogens is 2. The van der Waals surface area contributed by atoms with Gasteiger partial charge in [0.15, 0.2) is 0 Å². The third-order valence-electron chi connectivity index (χ3n) is 2.42. The van der Waals surface area contributed by atoms with Crippen LogP contribution in [-0.4, -0.2) is 4.98 Å². The first-order chi connectivity index (χ1) is 8.69. The Labute approximate surface area is 114 Å². The molecular formula is C13H12ClFN2S. The van der Waals surface area contributed by atoms with Gasteiger partial charge >= 0.3 is 0 Å². The maximum absolute atomic E-state index is 13.6. The molecule has 94 valence electrons. The summed E-state index contributed by atoms with van der Waals surface area (Å²) in [7, 11) is 0. The van der Waals surface area contributed by atoms with E-state index in [2.05, 4.69) is 4.98 Å². The topological polar surface area (TPSA) is 38.9 Å². The Bertz CT molecular complexity index is 531. The van der Waals surface area contributed by atoms with E-state index in [0.717, 1.165) is 10.6 Å². The first-order valence-corrected chi connectivity index (χ1v) is 6.77. The van der Waals surface area contributed by atoms with Gasteiger partial charge in [-0.25, -0.2) is 9.37 Å². The number of nitrogens with two attached hydrogens (primary N) is 1. The van der Waals surface area contributed by atoms with Gasteiger partial charge in [0.1, 0.15) is 5.82 Å². The summed E-state index contributed by atoms with van der Waals surface area (Å²) < 4.78 is 13.6. The van der Waals surface area contributed by atoms with Gasteiger partial charge in [0.05, 0.1) is 10.0 Å². The van der Waals surface area contributed by atoms with Gasteiger partial charge in [-0.05, 0) is 29.3 Å². The van der Waals surface area contributed by atoms with Crippen molar-refractivity contribution < 1.29 is 4.39 Å². The zero-order valence-corrected chi connectivity index (χ0v) is 11.1. The Morgan fingerprint density at radius 2 is 2.11 bits per heavy atom. The summed E-state index contributed by atoms with van der Waals surface area (Å²) in [6.07, 6.45) is 1.58. The maximum Gasteiger partial charge on any atom is 0.127 e. The van der Waals surface area contributed by atoms with Crippen LogP contribution in [0.25, 0.3) is 0 Å². The maximum atomic E-state index is 13.6. The van der Waals surface area contributed by atoms with Crippen molar-refractivity contribution in [3.05, 3.63) is 58.5 Å². The van der Waals surface area contributed by atoms with Crippen LogP contribution in [0.15, 0.2) is 41.6 Å². The fourth-order valence-corrected chi connectivity index (χ4v) is 2.39. The molecule has 1 heterocycles. The van der Waals surface area contributed by atoms with Crippen molar-refractivity contribution in [1.82, 2.24) is 4.98 Å². The first-order valence-electron chi connectivity index (χ1n) is 5.41. The molecule has 1 aromatic heterocycles. The van der Waals surface area contributed by atoms with E-state index in [1.54, 1.807) is 24.4 Å². The molecule has 18 heavy (non-hydrogen) atoms. The highest BCUT2D eigenvalue weighted by Crippen LogP contribution is 2.23. The fraction of sp³-hybridized carbons (Fsp3) is 0.154. The molecule has 2 aromatic rings. The fourth-order valence-electron chi connectivity index (χ4n) is 1.46. The van der Waals surface area contributed by atoms with E-state index in [1.165, 1.54) is 17.8 Å². The SMILES string of the molecule is NCc1ccc(F)c(CSc2ccc(Cl)cn2)c1. The number of thioether (sulfide) groups is 1. The molecule has 0 radical (unpaired) electrons. The highest BCUT2D eigenvalue weighted by molar-refractivity contribution is 7.98. The van der Waals surface area contributed by atoms with E-state index in [0.29, 0.717) is 22.9 Å². The molecule has 2 rings (SSSR count). The van der Waals surface area contributed by atoms with Crippen molar-refractivity contribution in [2.75, 3.05) is 0 Å². The molecule has 2 nitrogen and oxygen atoms in total. The summed E-state index contributed by atoms with van der Waals surface area (Å²) in [4.78, 5) is 4.15. The predicted molar refractivity (Wildman–Crippen MR) is 73.1 cm³/mol. The lowest BCUT2D eigenvalue weighted by Crippen LogP contribution is -1.98. The minimum atomic E-state index is -0.214. The Kier molecular flexibility index (Phi) is 4.58. The number of pyridine rings is 1. The van der Waals surface area contributed by atoms with Crippen LogP contribution in [0.5, 0.6) is 0 Å². The lowest BCUT2D eigenvalue weighted by molar-refractivity contribution is 0.616. The van der Waals surface area contributed by atoms with Crippen LogP contribution in [0.4, 0.5) is 4.39 Å². The van der Waals surface area contributed by atoms with Gasteiger partial charge in [-0.15, -0.1) is 11.8 Å². The molecule has 0 atom stereocenters. The molecule has 0 spiro atoms. The molecule has 0 saturated carbocycles. The van der Waals surface area contributed by atoms with E-state index in [9.17, 15) is 4.39 Å². The van der Waals surface area contributed by atoms with Gasteiger partial charge in [0.25, 0.3) is 0 Å². The molecule has 0 amide bonds. The average Bonchev–Trinajstić information content (AvgIpc) is 2.40. The van der Waals surface area contributed by atoms with E-state index < -0.39 is 0 Å². The normalized spacial score (nSPS) is 10.6. The Hall–Kier alpha value is -1.10. The lowest BCUT2D eigenvalue weighted by atomic mass is 10.1. The van der Waals surface area contributed by atoms with Gasteiger partial charge in [-0.1, -0.05) is 23.7 Å². The van der Waals surface area contributed by atoms with Crippen LogP contribution in [0, 0.1) is 5.82 Å². The highest BCUT2D eigenvalue weighted by Gasteiger charge is 2.05. The number of nitrogens with zero attached hydrogens (tertiary/aromatic N) is 1. The summed E-state index contributed by atoms with van der Waals surface area (Å²) in [6.45, 7) is 0.414. The van der Waals surface area contributed by atoms with Crippen molar-refractivity contribution in [2.45, 2.75) is 17.3 Å². The van der Waals surface area contributed by atoms with Gasteiger partial charge in [-0.3, -0.25) is 0 Å². The molecule has 0 aliphatic heterocycles. The molecule has 0 fully saturated rings. The second-order valence-electron chi connectivity index (χ2n) is 3.73. The first kappa shape index (κ1) is 13.3. The number of hydrogen-bond acceptors (Lipinski definition) is 3. The quantitative estimate of drug-likeness (QED) is 0.871. The molecule has 0 saturated heterocycles. The van der Waals surface area contributed by atoms with Crippen LogP contribution in [0.2, 0.25) is 5.02 Å². The lowest BCUT2D eigenvalue weighted by Gasteiger charge is -2.05. The second kappa shape index (κ2) is 6.18. The van der Waals surface area contributed by atoms with Crippen molar-refractivity contribution in [3.63, 3.8) is 0 Å². The predicted octanol–water partition coefficient (Wildman–Crippen LogP) is 3.63. The summed E-state index contributed by atoms with van der Waals surface area (Å²) in [5.74, 6) is 0.308. The zero-order valence-electron chi connectivity index (χ0n) is 9.57. The molecule has 0 bridgehead atoms. The zero-order chi connectivity index (χ0) is 13.0. The summed E-state index contributed by atoms with van der Waals surface area (Å²) >= 11 is 7.21. The molecule has 0 aliphatic rings. The minimum Gasteiger partial charge on any atom is -0.326 e. The van der Waals surface area contributed by atoms with Gasteiger partial charge < -0.3 is 5.73 Å². The monoisotopic (exact) mass is 282 g/mol. The van der Waals surface area contributed by atoms with Crippen LogP contribution in [0.3, 0.4) is 0 Å². The van der Waals surface area contributed by atoms with Gasteiger partial charge in [0, 0.05) is 18.5 Å². The Morgan fingerprint density at radius 3 is 2.78 bits per heavy atom. The number of benzene rings is 1. The molecule has 1 aromatic carbocycles. The average molecular weight is 283 g/mol. The smallest absolute Gasteiger partial charge is 0.127 e. The molecular weight excluding hydrogens is 271 g/mol. The minimum absolute atomic E-state index is 0.214. The Balaban J connectivity index is 2.07. The van der Waals surface area contributed by atoms with Crippen molar-refractivity contribution in [2.24, 2.45) is 5.73 Å². The standard InChI is InChI=1S/C13H12ClFN2S/c14-11-2-4-13(17-7-11)18-8-10-5-9(6-16)1-3-12(10)15/h1-5,7H,6,8,16H2. The van der Waals surface area contributed by atoms with Gasteiger partial charge in [0.2, 0.25) is 0 Å². The van der Waals surface area contributed by atoms with Crippen LogP contribution < -0.4 is 5.73 Å².